The first-order valence-corrected chi connectivity index (χ1v) is 5.70. The maximum absolute atomic E-state index is 11.3. The Morgan fingerprint density at radius 2 is 1.70 bits per heavy atom. The minimum atomic E-state index is -0.540. The number of halogens is 1. The van der Waals surface area contributed by atoms with Crippen molar-refractivity contribution in [1.29, 1.82) is 0 Å². The van der Waals surface area contributed by atoms with Gasteiger partial charge in [0.15, 0.2) is 11.5 Å². The Labute approximate surface area is 124 Å². The lowest BCUT2D eigenvalue weighted by molar-refractivity contribution is -0.141. The predicted molar refractivity (Wildman–Crippen MR) is 76.9 cm³/mol. The molecule has 0 saturated heterocycles. The van der Waals surface area contributed by atoms with E-state index in [0.29, 0.717) is 22.8 Å². The van der Waals surface area contributed by atoms with E-state index in [0.717, 1.165) is 0 Å². The predicted octanol–water partition coefficient (Wildman–Crippen LogP) is 1.70. The fourth-order valence-corrected chi connectivity index (χ4v) is 1.79. The van der Waals surface area contributed by atoms with Gasteiger partial charge in [-0.25, -0.2) is 0 Å². The zero-order valence-corrected chi connectivity index (χ0v) is 12.8. The van der Waals surface area contributed by atoms with Crippen LogP contribution in [0.25, 0.3) is 0 Å². The number of rotatable bonds is 6. The molecule has 1 aromatic rings. The molecule has 0 fully saturated rings. The van der Waals surface area contributed by atoms with Gasteiger partial charge in [-0.05, 0) is 12.1 Å². The summed E-state index contributed by atoms with van der Waals surface area (Å²) < 4.78 is 20.3. The van der Waals surface area contributed by atoms with Crippen LogP contribution < -0.4 is 19.9 Å². The molecule has 0 spiro atoms. The van der Waals surface area contributed by atoms with Crippen molar-refractivity contribution in [2.45, 2.75) is 12.5 Å². The Balaban J connectivity index is 0.00000361. The Morgan fingerprint density at radius 3 is 2.15 bits per heavy atom. The molecule has 1 rings (SSSR count). The van der Waals surface area contributed by atoms with Gasteiger partial charge in [0.25, 0.3) is 0 Å². The van der Waals surface area contributed by atoms with Crippen LogP contribution in [-0.2, 0) is 9.53 Å². The van der Waals surface area contributed by atoms with Crippen molar-refractivity contribution in [2.24, 2.45) is 5.73 Å². The third kappa shape index (κ3) is 3.91. The standard InChI is InChI=1S/C13H19NO5.ClH/c1-16-10-6-5-8(9(14)7-11(15)17-2)12(18-3)13(10)19-4;/h5-6,9H,7,14H2,1-4H3;1H/t9-;/m1./s1. The van der Waals surface area contributed by atoms with Gasteiger partial charge in [-0.2, -0.15) is 0 Å². The van der Waals surface area contributed by atoms with Crippen LogP contribution in [0, 0.1) is 0 Å². The van der Waals surface area contributed by atoms with Gasteiger partial charge in [0.05, 0.1) is 34.9 Å². The number of hydrogen-bond acceptors (Lipinski definition) is 6. The molecule has 0 amide bonds. The van der Waals surface area contributed by atoms with Crippen LogP contribution in [0.4, 0.5) is 0 Å². The number of ether oxygens (including phenoxy) is 4. The van der Waals surface area contributed by atoms with E-state index in [1.54, 1.807) is 12.1 Å². The van der Waals surface area contributed by atoms with E-state index >= 15 is 0 Å². The highest BCUT2D eigenvalue weighted by atomic mass is 35.5. The monoisotopic (exact) mass is 305 g/mol. The lowest BCUT2D eigenvalue weighted by atomic mass is 10.0. The van der Waals surface area contributed by atoms with Gasteiger partial charge >= 0.3 is 5.97 Å². The fourth-order valence-electron chi connectivity index (χ4n) is 1.79. The van der Waals surface area contributed by atoms with Gasteiger partial charge in [0, 0.05) is 11.6 Å². The van der Waals surface area contributed by atoms with E-state index in [9.17, 15) is 4.79 Å². The largest absolute Gasteiger partial charge is 0.493 e. The number of methoxy groups -OCH3 is 4. The second-order valence-corrected chi connectivity index (χ2v) is 3.81. The van der Waals surface area contributed by atoms with Crippen LogP contribution >= 0.6 is 12.4 Å². The third-order valence-electron chi connectivity index (χ3n) is 2.75. The maximum Gasteiger partial charge on any atom is 0.307 e. The van der Waals surface area contributed by atoms with E-state index in [1.165, 1.54) is 28.4 Å². The van der Waals surface area contributed by atoms with Crippen molar-refractivity contribution in [2.75, 3.05) is 28.4 Å². The Hall–Kier alpha value is -1.66. The summed E-state index contributed by atoms with van der Waals surface area (Å²) in [7, 11) is 5.87. The van der Waals surface area contributed by atoms with Crippen molar-refractivity contribution < 1.29 is 23.7 Å². The topological polar surface area (TPSA) is 80.0 Å². The van der Waals surface area contributed by atoms with Crippen molar-refractivity contribution >= 4 is 18.4 Å². The summed E-state index contributed by atoms with van der Waals surface area (Å²) >= 11 is 0. The van der Waals surface area contributed by atoms with E-state index in [1.807, 2.05) is 0 Å². The molecule has 0 heterocycles. The van der Waals surface area contributed by atoms with E-state index < -0.39 is 6.04 Å². The summed E-state index contributed by atoms with van der Waals surface area (Å²) in [4.78, 5) is 11.3. The van der Waals surface area contributed by atoms with Gasteiger partial charge in [0.2, 0.25) is 5.75 Å². The molecule has 0 saturated carbocycles. The van der Waals surface area contributed by atoms with Crippen molar-refractivity contribution in [3.8, 4) is 17.2 Å². The molecule has 7 heteroatoms. The molecule has 2 N–H and O–H groups in total. The molecular weight excluding hydrogens is 286 g/mol. The quantitative estimate of drug-likeness (QED) is 0.806. The molecule has 0 bridgehead atoms. The third-order valence-corrected chi connectivity index (χ3v) is 2.75. The van der Waals surface area contributed by atoms with Crippen molar-refractivity contribution in [1.82, 2.24) is 0 Å². The molecule has 0 aliphatic rings. The Bertz CT molecular complexity index is 453. The number of hydrogen-bond donors (Lipinski definition) is 1. The van der Waals surface area contributed by atoms with Crippen LogP contribution in [0.15, 0.2) is 12.1 Å². The lowest BCUT2D eigenvalue weighted by Crippen LogP contribution is -2.17. The van der Waals surface area contributed by atoms with Gasteiger partial charge in [0.1, 0.15) is 0 Å². The molecule has 0 unspecified atom stereocenters. The maximum atomic E-state index is 11.3. The Kier molecular flexibility index (Phi) is 7.79. The first-order chi connectivity index (χ1) is 9.08. The summed E-state index contributed by atoms with van der Waals surface area (Å²) in [5.74, 6) is 1.05. The molecular formula is C13H20ClNO5. The van der Waals surface area contributed by atoms with E-state index in [-0.39, 0.29) is 24.8 Å². The van der Waals surface area contributed by atoms with Crippen molar-refractivity contribution in [3.63, 3.8) is 0 Å². The summed E-state index contributed by atoms with van der Waals surface area (Å²) in [5, 5.41) is 0. The average molecular weight is 306 g/mol. The van der Waals surface area contributed by atoms with Gasteiger partial charge in [-0.3, -0.25) is 4.79 Å². The number of nitrogens with two attached hydrogens (primary N) is 1. The highest BCUT2D eigenvalue weighted by Gasteiger charge is 2.21. The van der Waals surface area contributed by atoms with Crippen LogP contribution in [0.2, 0.25) is 0 Å². The van der Waals surface area contributed by atoms with Crippen molar-refractivity contribution in [3.05, 3.63) is 17.7 Å². The first-order valence-electron chi connectivity index (χ1n) is 5.70. The van der Waals surface area contributed by atoms with Crippen LogP contribution in [0.3, 0.4) is 0 Å². The summed E-state index contributed by atoms with van der Waals surface area (Å²) in [5.41, 5.74) is 6.64. The average Bonchev–Trinajstić information content (AvgIpc) is 2.44. The zero-order chi connectivity index (χ0) is 14.4. The van der Waals surface area contributed by atoms with E-state index in [4.69, 9.17) is 19.9 Å². The lowest BCUT2D eigenvalue weighted by Gasteiger charge is -2.19. The molecule has 114 valence electrons. The minimum absolute atomic E-state index is 0. The normalized spacial score (nSPS) is 11.1. The summed E-state index contributed by atoms with van der Waals surface area (Å²) in [6, 6.07) is 2.92. The highest BCUT2D eigenvalue weighted by Crippen LogP contribution is 2.42. The van der Waals surface area contributed by atoms with Crippen LogP contribution in [0.1, 0.15) is 18.0 Å². The first kappa shape index (κ1) is 18.3. The molecule has 6 nitrogen and oxygen atoms in total. The van der Waals surface area contributed by atoms with E-state index in [2.05, 4.69) is 4.74 Å². The van der Waals surface area contributed by atoms with Crippen LogP contribution in [0.5, 0.6) is 17.2 Å². The minimum Gasteiger partial charge on any atom is -0.493 e. The molecule has 1 atom stereocenters. The van der Waals surface area contributed by atoms with Gasteiger partial charge in [-0.1, -0.05) is 0 Å². The number of benzene rings is 1. The van der Waals surface area contributed by atoms with Crippen LogP contribution in [-0.4, -0.2) is 34.4 Å². The Morgan fingerprint density at radius 1 is 1.10 bits per heavy atom. The summed E-state index contributed by atoms with van der Waals surface area (Å²) in [6.07, 6.45) is 0.0579. The van der Waals surface area contributed by atoms with Gasteiger partial charge in [-0.15, -0.1) is 12.4 Å². The molecule has 0 radical (unpaired) electrons. The smallest absolute Gasteiger partial charge is 0.307 e. The fraction of sp³-hybridized carbons (Fsp3) is 0.462. The SMILES string of the molecule is COC(=O)C[C@@H](N)c1ccc(OC)c(OC)c1OC.Cl. The highest BCUT2D eigenvalue weighted by molar-refractivity contribution is 5.85. The second-order valence-electron chi connectivity index (χ2n) is 3.81. The molecule has 0 aliphatic carbocycles. The summed E-state index contributed by atoms with van der Waals surface area (Å²) in [6.45, 7) is 0. The molecule has 0 aromatic heterocycles. The molecule has 0 aliphatic heterocycles. The van der Waals surface area contributed by atoms with Gasteiger partial charge < -0.3 is 24.7 Å². The molecule has 20 heavy (non-hydrogen) atoms. The second kappa shape index (κ2) is 8.50. The number of carbonyl (C=O) groups excluding carboxylic acids is 1. The number of esters is 1. The zero-order valence-electron chi connectivity index (χ0n) is 12.0. The molecule has 1 aromatic carbocycles. The number of carbonyl (C=O) groups is 1.